The molecule has 0 saturated carbocycles. The minimum absolute atomic E-state index is 0.184. The van der Waals surface area contributed by atoms with Gasteiger partial charge in [-0.2, -0.15) is 0 Å². The van der Waals surface area contributed by atoms with E-state index in [0.717, 1.165) is 25.1 Å². The molecule has 1 rings (SSSR count). The molecule has 1 amide bonds. The van der Waals surface area contributed by atoms with Crippen molar-refractivity contribution in [3.8, 4) is 0 Å². The first kappa shape index (κ1) is 52.3. The fraction of sp³-hybridized carbons (Fsp3) is 0.800. The van der Waals surface area contributed by atoms with Crippen LogP contribution in [0.15, 0.2) is 24.3 Å². The Morgan fingerprint density at radius 2 is 0.807 bits per heavy atom. The van der Waals surface area contributed by atoms with Crippen LogP contribution in [0.1, 0.15) is 50.9 Å². The number of rotatable bonds is 41. The molecule has 1 aromatic rings. The zero-order chi connectivity index (χ0) is 41.3. The lowest BCUT2D eigenvalue weighted by atomic mass is 10.2. The molecule has 0 aliphatic rings. The monoisotopic (exact) mass is 820 g/mol. The first-order valence-electron chi connectivity index (χ1n) is 20.1. The summed E-state index contributed by atoms with van der Waals surface area (Å²) in [5, 5.41) is 5.95. The number of alkyl carbamates (subject to hydrolysis) is 1. The van der Waals surface area contributed by atoms with Crippen molar-refractivity contribution in [3.05, 3.63) is 29.8 Å². The van der Waals surface area contributed by atoms with Gasteiger partial charge in [-0.3, -0.25) is 0 Å². The van der Waals surface area contributed by atoms with Crippen LogP contribution in [-0.4, -0.2) is 183 Å². The van der Waals surface area contributed by atoms with Gasteiger partial charge in [-0.25, -0.2) is 9.59 Å². The average molecular weight is 821 g/mol. The predicted octanol–water partition coefficient (Wildman–Crippen LogP) is 3.76. The second-order valence-electron chi connectivity index (χ2n) is 13.2. The van der Waals surface area contributed by atoms with E-state index in [-0.39, 0.29) is 12.6 Å². The molecule has 1 aromatic carbocycles. The van der Waals surface area contributed by atoms with Crippen LogP contribution in [0.4, 0.5) is 10.5 Å². The Bertz CT molecular complexity index is 1050. The number of ether oxygens (including phenoxy) is 13. The fourth-order valence-electron chi connectivity index (χ4n) is 4.25. The number of anilines is 1. The van der Waals surface area contributed by atoms with E-state index in [4.69, 9.17) is 61.6 Å². The third-order valence-corrected chi connectivity index (χ3v) is 7.08. The summed E-state index contributed by atoms with van der Waals surface area (Å²) in [6.07, 6.45) is 1.78. The molecule has 0 spiro atoms. The second kappa shape index (κ2) is 38.8. The number of hydrogen-bond acceptors (Lipinski definition) is 16. The van der Waals surface area contributed by atoms with E-state index >= 15 is 0 Å². The highest BCUT2D eigenvalue weighted by Crippen LogP contribution is 2.11. The number of carbonyl (C=O) groups is 2. The number of esters is 1. The van der Waals surface area contributed by atoms with Gasteiger partial charge in [0.05, 0.1) is 151 Å². The third-order valence-electron chi connectivity index (χ3n) is 7.08. The maximum atomic E-state index is 12.1. The summed E-state index contributed by atoms with van der Waals surface area (Å²) in [6.45, 7) is 19.1. The summed E-state index contributed by atoms with van der Waals surface area (Å²) in [6, 6.07) is 7.28. The standard InChI is InChI=1S/C40H72N2O15/c1-5-6-11-41-37-9-7-36(8-10-37)38(43)56-35-34-55-33-32-54-31-30-53-29-28-52-27-26-51-25-24-50-23-22-49-21-20-48-19-18-47-17-16-46-15-14-45-13-12-42-39(44)57-40(2,3)4/h7-10,41H,5-6,11-35H2,1-4H3,(H,42,44). The van der Waals surface area contributed by atoms with Crippen molar-refractivity contribution in [1.82, 2.24) is 5.32 Å². The van der Waals surface area contributed by atoms with Crippen molar-refractivity contribution in [1.29, 1.82) is 0 Å². The SMILES string of the molecule is CCCCNc1ccc(C(=O)OCCOCCOCCOCCOCCOCCOCCOCCOCCOCCOCCOCCNC(=O)OC(C)(C)C)cc1. The predicted molar refractivity (Wildman–Crippen MR) is 213 cm³/mol. The molecule has 0 aromatic heterocycles. The van der Waals surface area contributed by atoms with E-state index in [1.165, 1.54) is 0 Å². The van der Waals surface area contributed by atoms with Crippen molar-refractivity contribution in [2.24, 2.45) is 0 Å². The Kier molecular flexibility index (Phi) is 35.6. The van der Waals surface area contributed by atoms with Crippen LogP contribution >= 0.6 is 0 Å². The van der Waals surface area contributed by atoms with Crippen LogP contribution in [-0.2, 0) is 61.6 Å². The third kappa shape index (κ3) is 37.3. The number of nitrogens with one attached hydrogen (secondary N) is 2. The number of benzene rings is 1. The van der Waals surface area contributed by atoms with Crippen molar-refractivity contribution < 1.29 is 71.2 Å². The molecule has 0 atom stereocenters. The molecule has 0 heterocycles. The average Bonchev–Trinajstić information content (AvgIpc) is 3.18. The molecule has 0 saturated heterocycles. The molecule has 57 heavy (non-hydrogen) atoms. The lowest BCUT2D eigenvalue weighted by molar-refractivity contribution is -0.0280. The number of amides is 1. The number of hydrogen-bond donors (Lipinski definition) is 2. The second-order valence-corrected chi connectivity index (χ2v) is 13.2. The molecule has 0 bridgehead atoms. The van der Waals surface area contributed by atoms with E-state index in [1.54, 1.807) is 12.1 Å². The first-order chi connectivity index (χ1) is 27.8. The molecule has 17 nitrogen and oxygen atoms in total. The zero-order valence-electron chi connectivity index (χ0n) is 35.0. The lowest BCUT2D eigenvalue weighted by Gasteiger charge is -2.19. The van der Waals surface area contributed by atoms with Crippen LogP contribution in [0.2, 0.25) is 0 Å². The topological polar surface area (TPSA) is 178 Å². The van der Waals surface area contributed by atoms with Crippen LogP contribution in [0, 0.1) is 0 Å². The molecule has 0 radical (unpaired) electrons. The summed E-state index contributed by atoms with van der Waals surface area (Å²) in [7, 11) is 0. The Balaban J connectivity index is 1.68. The molecule has 17 heteroatoms. The normalized spacial score (nSPS) is 11.5. The van der Waals surface area contributed by atoms with Crippen molar-refractivity contribution in [2.45, 2.75) is 46.1 Å². The molecule has 0 fully saturated rings. The van der Waals surface area contributed by atoms with Gasteiger partial charge in [0.15, 0.2) is 0 Å². The first-order valence-corrected chi connectivity index (χ1v) is 20.1. The maximum absolute atomic E-state index is 12.1. The number of unbranched alkanes of at least 4 members (excludes halogenated alkanes) is 1. The summed E-state index contributed by atoms with van der Waals surface area (Å²) in [5.41, 5.74) is 0.989. The smallest absolute Gasteiger partial charge is 0.407 e. The van der Waals surface area contributed by atoms with Gasteiger partial charge in [0.2, 0.25) is 0 Å². The van der Waals surface area contributed by atoms with Crippen LogP contribution < -0.4 is 10.6 Å². The van der Waals surface area contributed by atoms with E-state index in [9.17, 15) is 9.59 Å². The van der Waals surface area contributed by atoms with Crippen LogP contribution in [0.25, 0.3) is 0 Å². The van der Waals surface area contributed by atoms with Crippen LogP contribution in [0.3, 0.4) is 0 Å². The van der Waals surface area contributed by atoms with Gasteiger partial charge >= 0.3 is 12.1 Å². The quantitative estimate of drug-likeness (QED) is 0.0720. The minimum atomic E-state index is -0.517. The van der Waals surface area contributed by atoms with E-state index < -0.39 is 11.7 Å². The van der Waals surface area contributed by atoms with Crippen molar-refractivity contribution in [2.75, 3.05) is 170 Å². The Labute approximate surface area is 340 Å². The highest BCUT2D eigenvalue weighted by Gasteiger charge is 2.15. The van der Waals surface area contributed by atoms with Crippen molar-refractivity contribution >= 4 is 17.7 Å². The van der Waals surface area contributed by atoms with E-state index in [2.05, 4.69) is 17.6 Å². The zero-order valence-corrected chi connectivity index (χ0v) is 35.0. The van der Waals surface area contributed by atoms with Gasteiger partial charge in [0.1, 0.15) is 12.2 Å². The molecule has 2 N–H and O–H groups in total. The van der Waals surface area contributed by atoms with Gasteiger partial charge < -0.3 is 72.2 Å². The molecule has 332 valence electrons. The van der Waals surface area contributed by atoms with Gasteiger partial charge in [-0.15, -0.1) is 0 Å². The molecule has 0 aliphatic carbocycles. The molecular weight excluding hydrogens is 748 g/mol. The van der Waals surface area contributed by atoms with Gasteiger partial charge in [-0.05, 0) is 51.5 Å². The largest absolute Gasteiger partial charge is 0.460 e. The Morgan fingerprint density at radius 1 is 0.474 bits per heavy atom. The summed E-state index contributed by atoms with van der Waals surface area (Å²) < 4.78 is 70.6. The molecule has 0 unspecified atom stereocenters. The van der Waals surface area contributed by atoms with Gasteiger partial charge in [0, 0.05) is 18.8 Å². The summed E-state index contributed by atoms with van der Waals surface area (Å²) in [5.74, 6) is -0.366. The molecular formula is C40H72N2O15. The highest BCUT2D eigenvalue weighted by atomic mass is 16.6. The minimum Gasteiger partial charge on any atom is -0.460 e. The number of carbonyl (C=O) groups excluding carboxylic acids is 2. The highest BCUT2D eigenvalue weighted by molar-refractivity contribution is 5.89. The van der Waals surface area contributed by atoms with Crippen molar-refractivity contribution in [3.63, 3.8) is 0 Å². The van der Waals surface area contributed by atoms with E-state index in [0.29, 0.717) is 157 Å². The lowest BCUT2D eigenvalue weighted by Crippen LogP contribution is -2.34. The van der Waals surface area contributed by atoms with E-state index in [1.807, 2.05) is 32.9 Å². The Hall–Kier alpha value is -2.68. The fourth-order valence-corrected chi connectivity index (χ4v) is 4.25. The van der Waals surface area contributed by atoms with Gasteiger partial charge in [0.25, 0.3) is 0 Å². The summed E-state index contributed by atoms with van der Waals surface area (Å²) in [4.78, 5) is 23.7. The van der Waals surface area contributed by atoms with Gasteiger partial charge in [-0.1, -0.05) is 13.3 Å². The maximum Gasteiger partial charge on any atom is 0.407 e. The molecule has 0 aliphatic heterocycles. The Morgan fingerprint density at radius 3 is 1.14 bits per heavy atom. The summed E-state index contributed by atoms with van der Waals surface area (Å²) >= 11 is 0. The van der Waals surface area contributed by atoms with Crippen LogP contribution in [0.5, 0.6) is 0 Å².